The molecule has 14 heavy (non-hydrogen) atoms. The number of fused-ring (bicyclic) bond motifs is 1. The van der Waals surface area contributed by atoms with Crippen LogP contribution in [0.3, 0.4) is 0 Å². The van der Waals surface area contributed by atoms with Gasteiger partial charge in [-0.1, -0.05) is 36.4 Å². The van der Waals surface area contributed by atoms with Gasteiger partial charge < -0.3 is 0 Å². The van der Waals surface area contributed by atoms with Gasteiger partial charge in [-0.3, -0.25) is 4.79 Å². The number of rotatable bonds is 1. The molecule has 2 rings (SSSR count). The Labute approximate surface area is 84.5 Å². The number of Topliss-reactive ketones (excluding diaryl/α,β-unsaturated/α-hetero) is 1. The van der Waals surface area contributed by atoms with Crippen LogP contribution in [-0.2, 0) is 6.42 Å². The summed E-state index contributed by atoms with van der Waals surface area (Å²) in [6.45, 7) is 1.97. The van der Waals surface area contributed by atoms with Crippen LogP contribution in [0.1, 0.15) is 29.3 Å². The van der Waals surface area contributed by atoms with Crippen molar-refractivity contribution in [2.24, 2.45) is 5.92 Å². The van der Waals surface area contributed by atoms with Gasteiger partial charge in [0.15, 0.2) is 5.78 Å². The number of benzene rings is 1. The number of carbonyl (C=O) groups excluding carboxylic acids is 1. The summed E-state index contributed by atoms with van der Waals surface area (Å²) in [5.41, 5.74) is 2.13. The monoisotopic (exact) mass is 186 g/mol. The van der Waals surface area contributed by atoms with Crippen molar-refractivity contribution in [2.75, 3.05) is 0 Å². The topological polar surface area (TPSA) is 17.1 Å². The quantitative estimate of drug-likeness (QED) is 0.616. The van der Waals surface area contributed by atoms with E-state index in [4.69, 9.17) is 0 Å². The standard InChI is InChI=1S/C13H14O/c1-2-5-11-9-8-10-6-3-4-7-12(10)13(11)14/h2-7,11H,8-9H2,1H3. The first-order valence-corrected chi connectivity index (χ1v) is 5.08. The van der Waals surface area contributed by atoms with Gasteiger partial charge in [0.25, 0.3) is 0 Å². The molecule has 1 aromatic carbocycles. The Hall–Kier alpha value is -1.37. The van der Waals surface area contributed by atoms with E-state index in [9.17, 15) is 4.79 Å². The van der Waals surface area contributed by atoms with Crippen LogP contribution in [-0.4, -0.2) is 5.78 Å². The van der Waals surface area contributed by atoms with Crippen LogP contribution < -0.4 is 0 Å². The Morgan fingerprint density at radius 3 is 2.93 bits per heavy atom. The maximum atomic E-state index is 12.0. The Morgan fingerprint density at radius 2 is 2.14 bits per heavy atom. The lowest BCUT2D eigenvalue weighted by Crippen LogP contribution is -2.20. The van der Waals surface area contributed by atoms with Crippen molar-refractivity contribution in [2.45, 2.75) is 19.8 Å². The molecule has 0 aliphatic heterocycles. The molecular formula is C13H14O. The van der Waals surface area contributed by atoms with Crippen LogP contribution in [0.2, 0.25) is 0 Å². The van der Waals surface area contributed by atoms with Gasteiger partial charge in [0, 0.05) is 11.5 Å². The van der Waals surface area contributed by atoms with E-state index in [0.29, 0.717) is 0 Å². The second kappa shape index (κ2) is 3.79. The fourth-order valence-corrected chi connectivity index (χ4v) is 2.04. The molecule has 0 heterocycles. The van der Waals surface area contributed by atoms with Gasteiger partial charge in [0.1, 0.15) is 0 Å². The highest BCUT2D eigenvalue weighted by Crippen LogP contribution is 2.25. The number of allylic oxidation sites excluding steroid dienone is 2. The predicted octanol–water partition coefficient (Wildman–Crippen LogP) is 3.01. The van der Waals surface area contributed by atoms with E-state index in [1.165, 1.54) is 5.56 Å². The highest BCUT2D eigenvalue weighted by atomic mass is 16.1. The van der Waals surface area contributed by atoms with Crippen LogP contribution in [0.5, 0.6) is 0 Å². The lowest BCUT2D eigenvalue weighted by atomic mass is 9.83. The fourth-order valence-electron chi connectivity index (χ4n) is 2.04. The molecule has 0 saturated heterocycles. The minimum atomic E-state index is 0.106. The molecule has 1 unspecified atom stereocenters. The highest BCUT2D eigenvalue weighted by Gasteiger charge is 2.24. The summed E-state index contributed by atoms with van der Waals surface area (Å²) < 4.78 is 0. The van der Waals surface area contributed by atoms with Gasteiger partial charge in [-0.25, -0.2) is 0 Å². The fraction of sp³-hybridized carbons (Fsp3) is 0.308. The van der Waals surface area contributed by atoms with Crippen LogP contribution in [0.25, 0.3) is 0 Å². The summed E-state index contributed by atoms with van der Waals surface area (Å²) in [5.74, 6) is 0.389. The predicted molar refractivity (Wildman–Crippen MR) is 57.4 cm³/mol. The Morgan fingerprint density at radius 1 is 1.36 bits per heavy atom. The second-order valence-corrected chi connectivity index (χ2v) is 3.69. The molecule has 1 aromatic rings. The Kier molecular flexibility index (Phi) is 2.49. The van der Waals surface area contributed by atoms with E-state index < -0.39 is 0 Å². The SMILES string of the molecule is CC=CC1CCc2ccccc2C1=O. The third-order valence-electron chi connectivity index (χ3n) is 2.77. The van der Waals surface area contributed by atoms with Gasteiger partial charge in [0.2, 0.25) is 0 Å². The van der Waals surface area contributed by atoms with Gasteiger partial charge in [-0.05, 0) is 25.3 Å². The van der Waals surface area contributed by atoms with Crippen LogP contribution in [0.15, 0.2) is 36.4 Å². The van der Waals surface area contributed by atoms with Crippen molar-refractivity contribution in [3.63, 3.8) is 0 Å². The van der Waals surface area contributed by atoms with E-state index in [0.717, 1.165) is 18.4 Å². The van der Waals surface area contributed by atoms with Gasteiger partial charge in [-0.15, -0.1) is 0 Å². The first kappa shape index (κ1) is 9.20. The van der Waals surface area contributed by atoms with Crippen LogP contribution in [0.4, 0.5) is 0 Å². The minimum absolute atomic E-state index is 0.106. The summed E-state index contributed by atoms with van der Waals surface area (Å²) in [6, 6.07) is 7.93. The molecule has 72 valence electrons. The third-order valence-corrected chi connectivity index (χ3v) is 2.77. The molecule has 0 bridgehead atoms. The molecule has 1 aliphatic carbocycles. The average molecular weight is 186 g/mol. The number of carbonyl (C=O) groups is 1. The largest absolute Gasteiger partial charge is 0.294 e. The molecule has 0 fully saturated rings. The van der Waals surface area contributed by atoms with E-state index in [1.807, 2.05) is 37.3 Å². The van der Waals surface area contributed by atoms with E-state index in [-0.39, 0.29) is 11.7 Å². The first-order chi connectivity index (χ1) is 6.83. The molecule has 0 amide bonds. The number of hydrogen-bond acceptors (Lipinski definition) is 1. The molecule has 1 atom stereocenters. The molecular weight excluding hydrogens is 172 g/mol. The molecule has 0 spiro atoms. The molecule has 1 aliphatic rings. The van der Waals surface area contributed by atoms with Crippen molar-refractivity contribution in [3.05, 3.63) is 47.5 Å². The number of ketones is 1. The van der Waals surface area contributed by atoms with Crippen LogP contribution >= 0.6 is 0 Å². The second-order valence-electron chi connectivity index (χ2n) is 3.69. The normalized spacial score (nSPS) is 21.2. The van der Waals surface area contributed by atoms with Crippen molar-refractivity contribution < 1.29 is 4.79 Å². The van der Waals surface area contributed by atoms with E-state index in [1.54, 1.807) is 0 Å². The zero-order chi connectivity index (χ0) is 9.97. The summed E-state index contributed by atoms with van der Waals surface area (Å²) in [7, 11) is 0. The maximum Gasteiger partial charge on any atom is 0.169 e. The lowest BCUT2D eigenvalue weighted by Gasteiger charge is -2.20. The zero-order valence-electron chi connectivity index (χ0n) is 8.36. The van der Waals surface area contributed by atoms with Crippen molar-refractivity contribution >= 4 is 5.78 Å². The third kappa shape index (κ3) is 1.50. The zero-order valence-corrected chi connectivity index (χ0v) is 8.36. The van der Waals surface area contributed by atoms with E-state index >= 15 is 0 Å². The highest BCUT2D eigenvalue weighted by molar-refractivity contribution is 6.01. The molecule has 0 aromatic heterocycles. The summed E-state index contributed by atoms with van der Waals surface area (Å²) in [4.78, 5) is 12.0. The molecule has 0 radical (unpaired) electrons. The first-order valence-electron chi connectivity index (χ1n) is 5.08. The van der Waals surface area contributed by atoms with E-state index in [2.05, 4.69) is 6.07 Å². The number of aryl methyl sites for hydroxylation is 1. The van der Waals surface area contributed by atoms with Crippen molar-refractivity contribution in [3.8, 4) is 0 Å². The van der Waals surface area contributed by atoms with Crippen molar-refractivity contribution in [1.82, 2.24) is 0 Å². The Bertz CT molecular complexity index is 377. The summed E-state index contributed by atoms with van der Waals surface area (Å²) in [5, 5.41) is 0. The van der Waals surface area contributed by atoms with Crippen LogP contribution in [0, 0.1) is 5.92 Å². The minimum Gasteiger partial charge on any atom is -0.294 e. The molecule has 0 N–H and O–H groups in total. The Balaban J connectivity index is 2.36. The van der Waals surface area contributed by atoms with Gasteiger partial charge in [-0.2, -0.15) is 0 Å². The summed E-state index contributed by atoms with van der Waals surface area (Å²) in [6.07, 6.45) is 5.96. The maximum absolute atomic E-state index is 12.0. The lowest BCUT2D eigenvalue weighted by molar-refractivity contribution is 0.0930. The van der Waals surface area contributed by atoms with Gasteiger partial charge >= 0.3 is 0 Å². The molecule has 0 saturated carbocycles. The molecule has 1 heteroatoms. The smallest absolute Gasteiger partial charge is 0.169 e. The molecule has 1 nitrogen and oxygen atoms in total. The average Bonchev–Trinajstić information content (AvgIpc) is 2.23. The summed E-state index contributed by atoms with van der Waals surface area (Å²) >= 11 is 0. The number of hydrogen-bond donors (Lipinski definition) is 0. The van der Waals surface area contributed by atoms with Gasteiger partial charge in [0.05, 0.1) is 0 Å². The van der Waals surface area contributed by atoms with Crippen molar-refractivity contribution in [1.29, 1.82) is 0 Å².